The predicted octanol–water partition coefficient (Wildman–Crippen LogP) is 3.48. The summed E-state index contributed by atoms with van der Waals surface area (Å²) in [7, 11) is -3.60. The molecule has 1 aliphatic rings. The molecule has 144 valence electrons. The quantitative estimate of drug-likeness (QED) is 0.761. The lowest BCUT2D eigenvalue weighted by Crippen LogP contribution is -2.26. The molecule has 0 aliphatic heterocycles. The van der Waals surface area contributed by atoms with Crippen LogP contribution in [0.3, 0.4) is 0 Å². The van der Waals surface area contributed by atoms with Gasteiger partial charge in [-0.2, -0.15) is 0 Å². The second-order valence-corrected chi connectivity index (χ2v) is 8.73. The Balaban J connectivity index is 1.75. The first-order chi connectivity index (χ1) is 12.7. The molecular formula is C20H24N2O4S. The molecule has 1 saturated carbocycles. The molecular weight excluding hydrogens is 364 g/mol. The Labute approximate surface area is 160 Å². The Kier molecular flexibility index (Phi) is 5.53. The molecule has 0 aromatic heterocycles. The fraction of sp³-hybridized carbons (Fsp3) is 0.350. The molecule has 1 amide bonds. The Morgan fingerprint density at radius 3 is 2.52 bits per heavy atom. The van der Waals surface area contributed by atoms with Crippen LogP contribution in [0.25, 0.3) is 0 Å². The van der Waals surface area contributed by atoms with E-state index >= 15 is 0 Å². The average molecular weight is 388 g/mol. The molecule has 0 unspecified atom stereocenters. The highest BCUT2D eigenvalue weighted by molar-refractivity contribution is 7.89. The molecule has 0 radical (unpaired) electrons. The summed E-state index contributed by atoms with van der Waals surface area (Å²) in [6, 6.07) is 11.5. The largest absolute Gasteiger partial charge is 0.491 e. The Hall–Kier alpha value is -2.38. The Bertz CT molecular complexity index is 950. The number of carbonyl (C=O) groups excluding carboxylic acids is 1. The fourth-order valence-electron chi connectivity index (χ4n) is 2.61. The standard InChI is InChI=1S/C20H24N2O4S/c1-13(2)26-17-9-10-19(14(3)11-17)21-20(23)15-5-4-6-18(12-15)27(24,25)22-16-7-8-16/h4-6,9-13,16,22H,7-8H2,1-3H3,(H,21,23). The van der Waals surface area contributed by atoms with Crippen molar-refractivity contribution in [3.05, 3.63) is 53.6 Å². The van der Waals surface area contributed by atoms with Crippen LogP contribution in [0.4, 0.5) is 5.69 Å². The predicted molar refractivity (Wildman–Crippen MR) is 105 cm³/mol. The number of rotatable bonds is 7. The Morgan fingerprint density at radius 1 is 1.15 bits per heavy atom. The number of hydrogen-bond acceptors (Lipinski definition) is 4. The fourth-order valence-corrected chi connectivity index (χ4v) is 3.96. The van der Waals surface area contributed by atoms with Gasteiger partial charge in [-0.05, 0) is 75.6 Å². The highest BCUT2D eigenvalue weighted by Gasteiger charge is 2.28. The van der Waals surface area contributed by atoms with Gasteiger partial charge >= 0.3 is 0 Å². The summed E-state index contributed by atoms with van der Waals surface area (Å²) < 4.78 is 32.9. The maximum absolute atomic E-state index is 12.6. The van der Waals surface area contributed by atoms with Gasteiger partial charge in [0.05, 0.1) is 11.0 Å². The van der Waals surface area contributed by atoms with Gasteiger partial charge in [0.25, 0.3) is 5.91 Å². The topological polar surface area (TPSA) is 84.5 Å². The van der Waals surface area contributed by atoms with Crippen LogP contribution in [0.15, 0.2) is 47.4 Å². The van der Waals surface area contributed by atoms with Crippen molar-refractivity contribution in [2.24, 2.45) is 0 Å². The second kappa shape index (κ2) is 7.70. The minimum absolute atomic E-state index is 0.0155. The molecule has 0 bridgehead atoms. The summed E-state index contributed by atoms with van der Waals surface area (Å²) >= 11 is 0. The van der Waals surface area contributed by atoms with Crippen molar-refractivity contribution in [1.29, 1.82) is 0 Å². The molecule has 0 heterocycles. The highest BCUT2D eigenvalue weighted by Crippen LogP contribution is 2.24. The molecule has 2 aromatic carbocycles. The first-order valence-corrected chi connectivity index (χ1v) is 10.4. The van der Waals surface area contributed by atoms with Crippen molar-refractivity contribution in [3.63, 3.8) is 0 Å². The van der Waals surface area contributed by atoms with E-state index in [1.54, 1.807) is 24.3 Å². The Morgan fingerprint density at radius 2 is 1.89 bits per heavy atom. The molecule has 0 saturated heterocycles. The van der Waals surface area contributed by atoms with Crippen molar-refractivity contribution < 1.29 is 17.9 Å². The van der Waals surface area contributed by atoms with E-state index in [0.717, 1.165) is 24.2 Å². The number of amides is 1. The molecule has 6 nitrogen and oxygen atoms in total. The lowest BCUT2D eigenvalue weighted by atomic mass is 10.1. The number of benzene rings is 2. The van der Waals surface area contributed by atoms with Crippen molar-refractivity contribution in [3.8, 4) is 5.75 Å². The zero-order valence-electron chi connectivity index (χ0n) is 15.7. The van der Waals surface area contributed by atoms with Crippen LogP contribution < -0.4 is 14.8 Å². The number of sulfonamides is 1. The van der Waals surface area contributed by atoms with Gasteiger partial charge in [0.1, 0.15) is 5.75 Å². The summed E-state index contributed by atoms with van der Waals surface area (Å²) in [5, 5.41) is 2.83. The van der Waals surface area contributed by atoms with Crippen LogP contribution in [0.5, 0.6) is 5.75 Å². The number of anilines is 1. The maximum atomic E-state index is 12.6. The van der Waals surface area contributed by atoms with Gasteiger partial charge in [0, 0.05) is 17.3 Å². The van der Waals surface area contributed by atoms with Crippen molar-refractivity contribution in [1.82, 2.24) is 4.72 Å². The third-order valence-electron chi connectivity index (χ3n) is 4.12. The lowest BCUT2D eigenvalue weighted by Gasteiger charge is -2.13. The minimum atomic E-state index is -3.60. The smallest absolute Gasteiger partial charge is 0.255 e. The summed E-state index contributed by atoms with van der Waals surface area (Å²) in [6.45, 7) is 5.78. The zero-order valence-corrected chi connectivity index (χ0v) is 16.5. The van der Waals surface area contributed by atoms with Crippen LogP contribution in [0.1, 0.15) is 42.6 Å². The van der Waals surface area contributed by atoms with E-state index in [2.05, 4.69) is 10.0 Å². The van der Waals surface area contributed by atoms with Crippen LogP contribution in [0, 0.1) is 6.92 Å². The van der Waals surface area contributed by atoms with Crippen LogP contribution in [-0.2, 0) is 10.0 Å². The van der Waals surface area contributed by atoms with Gasteiger partial charge in [0.15, 0.2) is 0 Å². The van der Waals surface area contributed by atoms with Crippen LogP contribution in [-0.4, -0.2) is 26.5 Å². The molecule has 0 atom stereocenters. The molecule has 2 aromatic rings. The number of hydrogen-bond donors (Lipinski definition) is 2. The van der Waals surface area contributed by atoms with Crippen molar-refractivity contribution in [2.45, 2.75) is 50.7 Å². The van der Waals surface area contributed by atoms with Gasteiger partial charge in [-0.3, -0.25) is 4.79 Å². The van der Waals surface area contributed by atoms with E-state index < -0.39 is 10.0 Å². The van der Waals surface area contributed by atoms with E-state index in [1.807, 2.05) is 26.8 Å². The summed E-state index contributed by atoms with van der Waals surface area (Å²) in [6.07, 6.45) is 1.78. The molecule has 3 rings (SSSR count). The molecule has 27 heavy (non-hydrogen) atoms. The zero-order chi connectivity index (χ0) is 19.6. The number of nitrogens with one attached hydrogen (secondary N) is 2. The molecule has 1 fully saturated rings. The average Bonchev–Trinajstić information content (AvgIpc) is 3.40. The van der Waals surface area contributed by atoms with E-state index in [1.165, 1.54) is 12.1 Å². The van der Waals surface area contributed by atoms with Crippen molar-refractivity contribution >= 4 is 21.6 Å². The summed E-state index contributed by atoms with van der Waals surface area (Å²) in [5.41, 5.74) is 1.80. The van der Waals surface area contributed by atoms with Gasteiger partial charge in [-0.25, -0.2) is 13.1 Å². The maximum Gasteiger partial charge on any atom is 0.255 e. The van der Waals surface area contributed by atoms with Gasteiger partial charge < -0.3 is 10.1 Å². The molecule has 1 aliphatic carbocycles. The first-order valence-electron chi connectivity index (χ1n) is 8.95. The summed E-state index contributed by atoms with van der Waals surface area (Å²) in [4.78, 5) is 12.7. The van der Waals surface area contributed by atoms with Gasteiger partial charge in [-0.1, -0.05) is 6.07 Å². The van der Waals surface area contributed by atoms with Crippen LogP contribution >= 0.6 is 0 Å². The second-order valence-electron chi connectivity index (χ2n) is 7.02. The van der Waals surface area contributed by atoms with E-state index in [-0.39, 0.29) is 28.5 Å². The highest BCUT2D eigenvalue weighted by atomic mass is 32.2. The molecule has 0 spiro atoms. The van der Waals surface area contributed by atoms with Crippen molar-refractivity contribution in [2.75, 3.05) is 5.32 Å². The third kappa shape index (κ3) is 5.08. The monoisotopic (exact) mass is 388 g/mol. The first kappa shape index (κ1) is 19.4. The van der Waals surface area contributed by atoms with E-state index in [0.29, 0.717) is 5.69 Å². The van der Waals surface area contributed by atoms with Crippen LogP contribution in [0.2, 0.25) is 0 Å². The number of carbonyl (C=O) groups is 1. The van der Waals surface area contributed by atoms with Gasteiger partial charge in [-0.15, -0.1) is 0 Å². The lowest BCUT2D eigenvalue weighted by molar-refractivity contribution is 0.102. The summed E-state index contributed by atoms with van der Waals surface area (Å²) in [5.74, 6) is 0.374. The number of aryl methyl sites for hydroxylation is 1. The third-order valence-corrected chi connectivity index (χ3v) is 5.64. The molecule has 7 heteroatoms. The molecule has 2 N–H and O–H groups in total. The normalized spacial score (nSPS) is 14.2. The van der Waals surface area contributed by atoms with E-state index in [9.17, 15) is 13.2 Å². The minimum Gasteiger partial charge on any atom is -0.491 e. The SMILES string of the molecule is Cc1cc(OC(C)C)ccc1NC(=O)c1cccc(S(=O)(=O)NC2CC2)c1. The van der Waals surface area contributed by atoms with E-state index in [4.69, 9.17) is 4.74 Å². The van der Waals surface area contributed by atoms with Gasteiger partial charge in [0.2, 0.25) is 10.0 Å². The number of ether oxygens (including phenoxy) is 1.